The molecule has 1 aliphatic heterocycles. The molecule has 0 aromatic carbocycles. The van der Waals surface area contributed by atoms with Crippen LogP contribution in [0.5, 0.6) is 0 Å². The number of nitrogens with zero attached hydrogens (tertiary/aromatic N) is 2. The number of nitrogen functional groups attached to an aromatic ring is 1. The van der Waals surface area contributed by atoms with Crippen LogP contribution in [0.1, 0.15) is 6.23 Å². The van der Waals surface area contributed by atoms with Crippen molar-refractivity contribution >= 4 is 13.6 Å². The summed E-state index contributed by atoms with van der Waals surface area (Å²) in [5.41, 5.74) is 4.63. The molecule has 1 aromatic heterocycles. The van der Waals surface area contributed by atoms with E-state index in [-0.39, 0.29) is 12.4 Å². The van der Waals surface area contributed by atoms with E-state index in [4.69, 9.17) is 25.4 Å². The number of anilines is 1. The van der Waals surface area contributed by atoms with Crippen molar-refractivity contribution in [3.05, 3.63) is 35.4 Å². The Kier molecular flexibility index (Phi) is 7.86. The maximum atomic E-state index is 11.5. The summed E-state index contributed by atoms with van der Waals surface area (Å²) in [7, 11) is -4.25. The predicted octanol–water partition coefficient (Wildman–Crippen LogP) is -2.28. The molecule has 0 amide bonds. The number of phosphoric ester groups is 1. The van der Waals surface area contributed by atoms with Crippen molar-refractivity contribution in [2.45, 2.75) is 24.5 Å². The highest BCUT2D eigenvalue weighted by Gasteiger charge is 2.43. The van der Waals surface area contributed by atoms with Crippen LogP contribution in [0.2, 0.25) is 0 Å². The number of hydrogen-bond donors (Lipinski definition) is 6. The van der Waals surface area contributed by atoms with Crippen LogP contribution in [0.25, 0.3) is 0 Å². The molecule has 1 aromatic rings. The summed E-state index contributed by atoms with van der Waals surface area (Å²) in [6, 6.07) is 1.37. The van der Waals surface area contributed by atoms with Crippen molar-refractivity contribution in [1.29, 1.82) is 0 Å². The summed E-state index contributed by atoms with van der Waals surface area (Å²) < 4.78 is 19.9. The molecule has 142 valence electrons. The summed E-state index contributed by atoms with van der Waals surface area (Å²) in [6.45, 7) is 2.62. The highest BCUT2D eigenvalue weighted by Crippen LogP contribution is 2.35. The molecule has 0 radical (unpaired) electrons. The second kappa shape index (κ2) is 9.17. The van der Waals surface area contributed by atoms with Crippen LogP contribution < -0.4 is 11.4 Å². The third-order valence-electron chi connectivity index (χ3n) is 3.00. The molecule has 0 aliphatic carbocycles. The van der Waals surface area contributed by atoms with E-state index >= 15 is 0 Å². The Labute approximate surface area is 142 Å². The van der Waals surface area contributed by atoms with E-state index in [1.165, 1.54) is 18.3 Å². The lowest BCUT2D eigenvalue weighted by molar-refractivity contribution is -0.0549. The minimum Gasteiger partial charge on any atom is -0.394 e. The van der Waals surface area contributed by atoms with E-state index in [2.05, 4.69) is 16.1 Å². The molecule has 25 heavy (non-hydrogen) atoms. The summed E-state index contributed by atoms with van der Waals surface area (Å²) in [5.74, 6) is 0.0537. The van der Waals surface area contributed by atoms with Gasteiger partial charge >= 0.3 is 13.5 Å². The lowest BCUT2D eigenvalue weighted by Gasteiger charge is -2.16. The van der Waals surface area contributed by atoms with Gasteiger partial charge in [-0.15, -0.1) is 6.58 Å². The average Bonchev–Trinajstić information content (AvgIpc) is 2.81. The number of ether oxygens (including phenoxy) is 1. The van der Waals surface area contributed by atoms with Crippen LogP contribution >= 0.6 is 7.82 Å². The van der Waals surface area contributed by atoms with Crippen molar-refractivity contribution in [3.8, 4) is 0 Å². The van der Waals surface area contributed by atoms with Gasteiger partial charge in [-0.1, -0.05) is 6.08 Å². The fourth-order valence-corrected chi connectivity index (χ4v) is 2.18. The zero-order chi connectivity index (χ0) is 19.2. The first-order chi connectivity index (χ1) is 11.6. The molecule has 0 saturated carbocycles. The Morgan fingerprint density at radius 3 is 2.48 bits per heavy atom. The Bertz CT molecular complexity index is 676. The maximum Gasteiger partial charge on any atom is 0.469 e. The minimum atomic E-state index is -4.25. The number of hydrogen-bond acceptors (Lipinski definition) is 9. The first kappa shape index (κ1) is 21.4. The molecule has 4 atom stereocenters. The monoisotopic (exact) mass is 381 g/mol. The Balaban J connectivity index is 0.000000333. The smallest absolute Gasteiger partial charge is 0.394 e. The molecule has 7 N–H and O–H groups in total. The normalized spacial score (nSPS) is 26.0. The van der Waals surface area contributed by atoms with Gasteiger partial charge in [0, 0.05) is 6.20 Å². The molecule has 2 heterocycles. The molecule has 0 spiro atoms. The molecular weight excluding hydrogens is 361 g/mol. The summed E-state index contributed by atoms with van der Waals surface area (Å²) in [6.07, 6.45) is -2.00. The molecule has 0 bridgehead atoms. The summed E-state index contributed by atoms with van der Waals surface area (Å²) in [4.78, 5) is 31.0. The van der Waals surface area contributed by atoms with Crippen molar-refractivity contribution in [3.63, 3.8) is 0 Å². The van der Waals surface area contributed by atoms with E-state index in [0.29, 0.717) is 0 Å². The molecule has 1 aliphatic rings. The van der Waals surface area contributed by atoms with Gasteiger partial charge in [0.2, 0.25) is 0 Å². The van der Waals surface area contributed by atoms with Crippen molar-refractivity contribution < 1.29 is 38.9 Å². The largest absolute Gasteiger partial charge is 0.469 e. The molecule has 13 heteroatoms. The quantitative estimate of drug-likeness (QED) is 0.237. The predicted molar refractivity (Wildman–Crippen MR) is 84.1 cm³/mol. The van der Waals surface area contributed by atoms with E-state index in [1.807, 2.05) is 0 Å². The lowest BCUT2D eigenvalue weighted by atomic mass is 10.1. The third-order valence-corrected chi connectivity index (χ3v) is 3.49. The molecule has 1 saturated heterocycles. The average molecular weight is 381 g/mol. The molecule has 2 rings (SSSR count). The maximum absolute atomic E-state index is 11.5. The number of rotatable bonds is 5. The lowest BCUT2D eigenvalue weighted by Crippen LogP contribution is -2.36. The first-order valence-corrected chi connectivity index (χ1v) is 8.41. The van der Waals surface area contributed by atoms with Crippen LogP contribution in [-0.2, 0) is 13.8 Å². The van der Waals surface area contributed by atoms with Crippen molar-refractivity contribution in [1.82, 2.24) is 9.55 Å². The van der Waals surface area contributed by atoms with Gasteiger partial charge in [-0.2, -0.15) is 4.98 Å². The SMILES string of the molecule is C=CCOP(=O)(O)O.Nc1ccn([C@@H]2O[C@H](CO)[C@@H](O)[C@@H]2O)c(=O)n1. The zero-order valence-electron chi connectivity index (χ0n) is 13.0. The highest BCUT2D eigenvalue weighted by atomic mass is 31.2. The van der Waals surface area contributed by atoms with Crippen molar-refractivity contribution in [2.24, 2.45) is 0 Å². The van der Waals surface area contributed by atoms with Gasteiger partial charge in [0.15, 0.2) is 6.23 Å². The van der Waals surface area contributed by atoms with E-state index in [9.17, 15) is 19.6 Å². The topological polar surface area (TPSA) is 198 Å². The molecule has 0 unspecified atom stereocenters. The summed E-state index contributed by atoms with van der Waals surface area (Å²) in [5, 5.41) is 28.2. The van der Waals surface area contributed by atoms with Gasteiger partial charge in [-0.3, -0.25) is 9.09 Å². The standard InChI is InChI=1S/C9H13N3O5.C3H7O4P/c10-5-1-2-12(9(16)11-5)8-7(15)6(14)4(3-13)17-8;1-2-3-7-8(4,5)6/h1-2,4,6-8,13-15H,3H2,(H2,10,11,16);2H,1,3H2,(H2,4,5,6)/t4-,6-,7+,8-;/m1./s1. The zero-order valence-corrected chi connectivity index (χ0v) is 13.8. The fourth-order valence-electron chi connectivity index (χ4n) is 1.88. The number of aliphatic hydroxyl groups excluding tert-OH is 3. The van der Waals surface area contributed by atoms with Crippen LogP contribution in [0, 0.1) is 0 Å². The number of nitrogens with two attached hydrogens (primary N) is 1. The van der Waals surface area contributed by atoms with Gasteiger partial charge in [0.1, 0.15) is 24.1 Å². The second-order valence-corrected chi connectivity index (χ2v) is 6.09. The number of aliphatic hydroxyl groups is 3. The van der Waals surface area contributed by atoms with Gasteiger partial charge in [0.25, 0.3) is 0 Å². The number of phosphoric acid groups is 1. The van der Waals surface area contributed by atoms with Gasteiger partial charge in [-0.05, 0) is 6.07 Å². The third kappa shape index (κ3) is 6.30. The van der Waals surface area contributed by atoms with Crippen LogP contribution in [-0.4, -0.2) is 66.2 Å². The second-order valence-electron chi connectivity index (χ2n) is 4.85. The van der Waals surface area contributed by atoms with Gasteiger partial charge < -0.3 is 35.6 Å². The van der Waals surface area contributed by atoms with Crippen LogP contribution in [0.4, 0.5) is 5.82 Å². The first-order valence-electron chi connectivity index (χ1n) is 6.88. The summed E-state index contributed by atoms with van der Waals surface area (Å²) >= 11 is 0. The van der Waals surface area contributed by atoms with E-state index < -0.39 is 44.7 Å². The fraction of sp³-hybridized carbons (Fsp3) is 0.500. The van der Waals surface area contributed by atoms with Gasteiger partial charge in [-0.25, -0.2) is 9.36 Å². The molecular formula is C12H20N3O9P. The van der Waals surface area contributed by atoms with Crippen LogP contribution in [0.3, 0.4) is 0 Å². The van der Waals surface area contributed by atoms with Crippen LogP contribution in [0.15, 0.2) is 29.7 Å². The van der Waals surface area contributed by atoms with E-state index in [1.54, 1.807) is 0 Å². The number of aromatic nitrogens is 2. The molecule has 12 nitrogen and oxygen atoms in total. The van der Waals surface area contributed by atoms with Crippen molar-refractivity contribution in [2.75, 3.05) is 18.9 Å². The molecule has 1 fully saturated rings. The Morgan fingerprint density at radius 1 is 1.44 bits per heavy atom. The highest BCUT2D eigenvalue weighted by molar-refractivity contribution is 7.46. The van der Waals surface area contributed by atoms with E-state index in [0.717, 1.165) is 4.57 Å². The Morgan fingerprint density at radius 2 is 2.08 bits per heavy atom. The minimum absolute atomic E-state index is 0.0537. The Hall–Kier alpha value is -1.63. The van der Waals surface area contributed by atoms with Gasteiger partial charge in [0.05, 0.1) is 13.2 Å².